The largest absolute Gasteiger partial charge is 0.508 e. The monoisotopic (exact) mass is 337 g/mol. The van der Waals surface area contributed by atoms with Crippen LogP contribution in [0.2, 0.25) is 0 Å². The second kappa shape index (κ2) is 8.40. The molecule has 4 heteroatoms. The summed E-state index contributed by atoms with van der Waals surface area (Å²) < 4.78 is 11.3. The molecule has 2 aromatic carbocycles. The van der Waals surface area contributed by atoms with Gasteiger partial charge in [0, 0.05) is 13.1 Å². The fourth-order valence-electron chi connectivity index (χ4n) is 2.62. The summed E-state index contributed by atoms with van der Waals surface area (Å²) in [5, 5.41) is 9.44. The van der Waals surface area contributed by atoms with Gasteiger partial charge >= 0.3 is 0 Å². The molecule has 0 saturated heterocycles. The van der Waals surface area contributed by atoms with Gasteiger partial charge in [-0.05, 0) is 48.9 Å². The fourth-order valence-corrected chi connectivity index (χ4v) is 2.62. The summed E-state index contributed by atoms with van der Waals surface area (Å²) in [7, 11) is 0. The van der Waals surface area contributed by atoms with Crippen molar-refractivity contribution in [3.8, 4) is 11.5 Å². The maximum Gasteiger partial charge on any atom is 0.119 e. The molecule has 25 heavy (non-hydrogen) atoms. The first-order valence-corrected chi connectivity index (χ1v) is 8.41. The topological polar surface area (TPSA) is 45.8 Å². The maximum absolute atomic E-state index is 9.44. The molecule has 0 amide bonds. The Morgan fingerprint density at radius 3 is 2.40 bits per heavy atom. The second-order valence-electron chi connectivity index (χ2n) is 6.12. The molecule has 0 saturated carbocycles. The molecule has 1 N–H and O–H groups in total. The molecule has 0 aliphatic rings. The first-order chi connectivity index (χ1) is 12.2. The van der Waals surface area contributed by atoms with Crippen LogP contribution in [0.4, 0.5) is 0 Å². The van der Waals surface area contributed by atoms with Gasteiger partial charge in [0.05, 0.1) is 12.8 Å². The first-order valence-electron chi connectivity index (χ1n) is 8.41. The van der Waals surface area contributed by atoms with Gasteiger partial charge in [-0.15, -0.1) is 0 Å². The van der Waals surface area contributed by atoms with E-state index in [4.69, 9.17) is 9.15 Å². The number of hydrogen-bond acceptors (Lipinski definition) is 4. The van der Waals surface area contributed by atoms with E-state index >= 15 is 0 Å². The van der Waals surface area contributed by atoms with Gasteiger partial charge in [0.1, 0.15) is 23.9 Å². The molecule has 0 bridgehead atoms. The SMILES string of the molecule is Cc1ccc(OCCN(Cc2ccc(O)cc2)Cc2ccco2)cc1. The highest BCUT2D eigenvalue weighted by molar-refractivity contribution is 5.27. The fraction of sp³-hybridized carbons (Fsp3) is 0.238. The lowest BCUT2D eigenvalue weighted by Crippen LogP contribution is -2.27. The summed E-state index contributed by atoms with van der Waals surface area (Å²) in [5.74, 6) is 2.09. The standard InChI is InChI=1S/C21H23NO3/c1-17-4-10-20(11-5-17)25-14-12-22(16-21-3-2-13-24-21)15-18-6-8-19(23)9-7-18/h2-11,13,23H,12,14-16H2,1H3. The van der Waals surface area contributed by atoms with Crippen molar-refractivity contribution in [2.75, 3.05) is 13.2 Å². The lowest BCUT2D eigenvalue weighted by atomic mass is 10.2. The van der Waals surface area contributed by atoms with Crippen LogP contribution in [0, 0.1) is 6.92 Å². The van der Waals surface area contributed by atoms with E-state index < -0.39 is 0 Å². The molecule has 3 rings (SSSR count). The van der Waals surface area contributed by atoms with Crippen molar-refractivity contribution >= 4 is 0 Å². The maximum atomic E-state index is 9.44. The van der Waals surface area contributed by atoms with Crippen molar-refractivity contribution in [3.63, 3.8) is 0 Å². The van der Waals surface area contributed by atoms with E-state index in [1.807, 2.05) is 48.5 Å². The number of benzene rings is 2. The van der Waals surface area contributed by atoms with E-state index in [0.717, 1.165) is 30.2 Å². The van der Waals surface area contributed by atoms with Crippen LogP contribution in [0.1, 0.15) is 16.9 Å². The molecular weight excluding hydrogens is 314 g/mol. The van der Waals surface area contributed by atoms with Crippen LogP contribution < -0.4 is 4.74 Å². The summed E-state index contributed by atoms with van der Waals surface area (Å²) in [6.45, 7) is 4.91. The summed E-state index contributed by atoms with van der Waals surface area (Å²) in [4.78, 5) is 2.26. The van der Waals surface area contributed by atoms with Crippen LogP contribution in [-0.2, 0) is 13.1 Å². The number of furan rings is 1. The highest BCUT2D eigenvalue weighted by atomic mass is 16.5. The number of phenols is 1. The van der Waals surface area contributed by atoms with Gasteiger partial charge in [0.15, 0.2) is 0 Å². The van der Waals surface area contributed by atoms with E-state index in [-0.39, 0.29) is 5.75 Å². The minimum Gasteiger partial charge on any atom is -0.508 e. The van der Waals surface area contributed by atoms with Crippen LogP contribution in [0.3, 0.4) is 0 Å². The summed E-state index contributed by atoms with van der Waals surface area (Å²) in [5.41, 5.74) is 2.36. The number of nitrogens with zero attached hydrogens (tertiary/aromatic N) is 1. The Kier molecular flexibility index (Phi) is 5.75. The molecule has 1 heterocycles. The van der Waals surface area contributed by atoms with E-state index in [1.165, 1.54) is 5.56 Å². The zero-order valence-corrected chi connectivity index (χ0v) is 14.4. The minimum absolute atomic E-state index is 0.282. The molecule has 0 unspecified atom stereocenters. The van der Waals surface area contributed by atoms with Crippen LogP contribution in [-0.4, -0.2) is 23.2 Å². The predicted molar refractivity (Wildman–Crippen MR) is 97.6 cm³/mol. The number of ether oxygens (including phenoxy) is 1. The number of aromatic hydroxyl groups is 1. The van der Waals surface area contributed by atoms with Gasteiger partial charge in [-0.25, -0.2) is 0 Å². The summed E-state index contributed by atoms with van der Waals surface area (Å²) in [6.07, 6.45) is 1.69. The highest BCUT2D eigenvalue weighted by Gasteiger charge is 2.09. The Bertz CT molecular complexity index is 749. The van der Waals surface area contributed by atoms with Gasteiger partial charge in [0.2, 0.25) is 0 Å². The Morgan fingerprint density at radius 2 is 1.72 bits per heavy atom. The van der Waals surface area contributed by atoms with Gasteiger partial charge in [-0.3, -0.25) is 4.90 Å². The lowest BCUT2D eigenvalue weighted by Gasteiger charge is -2.21. The molecular formula is C21H23NO3. The van der Waals surface area contributed by atoms with E-state index in [9.17, 15) is 5.11 Å². The van der Waals surface area contributed by atoms with E-state index in [0.29, 0.717) is 13.2 Å². The third-order valence-electron chi connectivity index (χ3n) is 4.00. The van der Waals surface area contributed by atoms with Gasteiger partial charge < -0.3 is 14.3 Å². The number of hydrogen-bond donors (Lipinski definition) is 1. The third kappa shape index (κ3) is 5.40. The van der Waals surface area contributed by atoms with Crippen molar-refractivity contribution in [2.45, 2.75) is 20.0 Å². The van der Waals surface area contributed by atoms with Crippen molar-refractivity contribution in [2.24, 2.45) is 0 Å². The first kappa shape index (κ1) is 17.1. The van der Waals surface area contributed by atoms with Crippen LogP contribution in [0.5, 0.6) is 11.5 Å². The lowest BCUT2D eigenvalue weighted by molar-refractivity contribution is 0.185. The molecule has 1 aromatic heterocycles. The van der Waals surface area contributed by atoms with Crippen molar-refractivity contribution in [3.05, 3.63) is 83.8 Å². The van der Waals surface area contributed by atoms with Crippen molar-refractivity contribution < 1.29 is 14.3 Å². The zero-order chi connectivity index (χ0) is 17.5. The number of rotatable bonds is 8. The molecule has 0 spiro atoms. The minimum atomic E-state index is 0.282. The Morgan fingerprint density at radius 1 is 0.960 bits per heavy atom. The van der Waals surface area contributed by atoms with Crippen LogP contribution >= 0.6 is 0 Å². The molecule has 0 fully saturated rings. The van der Waals surface area contributed by atoms with Gasteiger partial charge in [-0.2, -0.15) is 0 Å². The average Bonchev–Trinajstić information content (AvgIpc) is 3.12. The van der Waals surface area contributed by atoms with Gasteiger partial charge in [0.25, 0.3) is 0 Å². The molecule has 4 nitrogen and oxygen atoms in total. The van der Waals surface area contributed by atoms with Crippen molar-refractivity contribution in [1.82, 2.24) is 4.90 Å². The van der Waals surface area contributed by atoms with E-state index in [1.54, 1.807) is 18.4 Å². The molecule has 0 radical (unpaired) electrons. The van der Waals surface area contributed by atoms with Crippen LogP contribution in [0.15, 0.2) is 71.3 Å². The summed E-state index contributed by atoms with van der Waals surface area (Å²) in [6, 6.07) is 19.3. The molecule has 0 aliphatic carbocycles. The zero-order valence-electron chi connectivity index (χ0n) is 14.4. The molecule has 3 aromatic rings. The predicted octanol–water partition coefficient (Wildman–Crippen LogP) is 4.37. The molecule has 0 atom stereocenters. The normalized spacial score (nSPS) is 11.0. The Labute approximate surface area is 148 Å². The Hall–Kier alpha value is -2.72. The van der Waals surface area contributed by atoms with E-state index in [2.05, 4.69) is 11.8 Å². The van der Waals surface area contributed by atoms with Crippen LogP contribution in [0.25, 0.3) is 0 Å². The number of phenolic OH excluding ortho intramolecular Hbond substituents is 1. The van der Waals surface area contributed by atoms with Crippen molar-refractivity contribution in [1.29, 1.82) is 0 Å². The highest BCUT2D eigenvalue weighted by Crippen LogP contribution is 2.15. The Balaban J connectivity index is 1.59. The molecule has 0 aliphatic heterocycles. The number of aryl methyl sites for hydroxylation is 1. The van der Waals surface area contributed by atoms with Gasteiger partial charge in [-0.1, -0.05) is 29.8 Å². The third-order valence-corrected chi connectivity index (χ3v) is 4.00. The average molecular weight is 337 g/mol. The smallest absolute Gasteiger partial charge is 0.119 e. The second-order valence-corrected chi connectivity index (χ2v) is 6.12. The quantitative estimate of drug-likeness (QED) is 0.663. The molecule has 130 valence electrons. The summed E-state index contributed by atoms with van der Waals surface area (Å²) >= 11 is 0.